The van der Waals surface area contributed by atoms with E-state index in [1.54, 1.807) is 6.92 Å². The maximum absolute atomic E-state index is 12.3. The van der Waals surface area contributed by atoms with Gasteiger partial charge in [-0.2, -0.15) is 0 Å². The van der Waals surface area contributed by atoms with Crippen LogP contribution in [0.25, 0.3) is 0 Å². The molecule has 3 N–H and O–H groups in total. The number of esters is 1. The number of hydrogen-bond acceptors (Lipinski definition) is 5. The van der Waals surface area contributed by atoms with Crippen molar-refractivity contribution in [3.8, 4) is 0 Å². The molecular weight excluding hydrogens is 288 g/mol. The first-order valence-corrected chi connectivity index (χ1v) is 7.93. The van der Waals surface area contributed by atoms with Crippen LogP contribution in [0.2, 0.25) is 0 Å². The summed E-state index contributed by atoms with van der Waals surface area (Å²) in [6.45, 7) is 10.0. The van der Waals surface area contributed by atoms with Gasteiger partial charge >= 0.3 is 5.97 Å². The highest BCUT2D eigenvalue weighted by Crippen LogP contribution is 2.33. The van der Waals surface area contributed by atoms with Crippen molar-refractivity contribution in [2.45, 2.75) is 34.6 Å². The third kappa shape index (κ3) is 4.04. The molecule has 1 rings (SSSR count). The van der Waals surface area contributed by atoms with Crippen LogP contribution in [0.5, 0.6) is 0 Å². The molecule has 0 aliphatic carbocycles. The number of aryl methyl sites for hydroxylation is 1. The van der Waals surface area contributed by atoms with Gasteiger partial charge in [0, 0.05) is 11.4 Å². The molecule has 118 valence electrons. The smallest absolute Gasteiger partial charge is 0.341 e. The van der Waals surface area contributed by atoms with Crippen LogP contribution < -0.4 is 11.1 Å². The second-order valence-corrected chi connectivity index (χ2v) is 6.51. The average Bonchev–Trinajstić information content (AvgIpc) is 2.65. The van der Waals surface area contributed by atoms with E-state index in [9.17, 15) is 9.59 Å². The molecule has 0 saturated carbocycles. The predicted octanol–water partition coefficient (Wildman–Crippen LogP) is 2.71. The van der Waals surface area contributed by atoms with Gasteiger partial charge in [0.25, 0.3) is 0 Å². The summed E-state index contributed by atoms with van der Waals surface area (Å²) < 4.78 is 5.07. The van der Waals surface area contributed by atoms with Crippen molar-refractivity contribution in [3.63, 3.8) is 0 Å². The van der Waals surface area contributed by atoms with Crippen LogP contribution in [0, 0.1) is 25.7 Å². The molecule has 0 aliphatic heterocycles. The van der Waals surface area contributed by atoms with E-state index < -0.39 is 5.97 Å². The second-order valence-electron chi connectivity index (χ2n) is 5.28. The summed E-state index contributed by atoms with van der Waals surface area (Å²) in [4.78, 5) is 25.4. The first kappa shape index (κ1) is 17.7. The van der Waals surface area contributed by atoms with Crippen LogP contribution in [-0.2, 0) is 9.53 Å². The summed E-state index contributed by atoms with van der Waals surface area (Å²) >= 11 is 1.39. The number of rotatable bonds is 6. The van der Waals surface area contributed by atoms with Crippen LogP contribution in [0.3, 0.4) is 0 Å². The van der Waals surface area contributed by atoms with Gasteiger partial charge in [0.05, 0.1) is 18.1 Å². The molecule has 1 aromatic rings. The fourth-order valence-electron chi connectivity index (χ4n) is 2.05. The molecule has 6 heteroatoms. The molecule has 1 heterocycles. The second kappa shape index (κ2) is 7.56. The van der Waals surface area contributed by atoms with E-state index in [2.05, 4.69) is 5.32 Å². The highest BCUT2D eigenvalue weighted by Gasteiger charge is 2.26. The third-order valence-electron chi connectivity index (χ3n) is 3.50. The number of ether oxygens (including phenoxy) is 1. The van der Waals surface area contributed by atoms with Crippen LogP contribution in [0.4, 0.5) is 5.00 Å². The minimum Gasteiger partial charge on any atom is -0.462 e. The van der Waals surface area contributed by atoms with Gasteiger partial charge in [0.15, 0.2) is 0 Å². The van der Waals surface area contributed by atoms with E-state index in [1.165, 1.54) is 11.3 Å². The standard InChI is InChI=1S/C15H24N2O3S/c1-6-20-15(19)12-9(4)10(5)21-14(12)17-13(18)11(7-16)8(2)3/h8,11H,6-7,16H2,1-5H3,(H,17,18). The van der Waals surface area contributed by atoms with Crippen molar-refractivity contribution < 1.29 is 14.3 Å². The molecule has 1 unspecified atom stereocenters. The number of amides is 1. The zero-order chi connectivity index (χ0) is 16.2. The Morgan fingerprint density at radius 1 is 1.33 bits per heavy atom. The van der Waals surface area contributed by atoms with Crippen molar-refractivity contribution in [1.29, 1.82) is 0 Å². The molecule has 0 saturated heterocycles. The molecule has 5 nitrogen and oxygen atoms in total. The van der Waals surface area contributed by atoms with Crippen molar-refractivity contribution in [3.05, 3.63) is 16.0 Å². The largest absolute Gasteiger partial charge is 0.462 e. The lowest BCUT2D eigenvalue weighted by atomic mass is 9.95. The SMILES string of the molecule is CCOC(=O)c1c(NC(=O)C(CN)C(C)C)sc(C)c1C. The molecule has 1 atom stereocenters. The van der Waals surface area contributed by atoms with E-state index in [0.717, 1.165) is 10.4 Å². The normalized spacial score (nSPS) is 12.3. The summed E-state index contributed by atoms with van der Waals surface area (Å²) in [5.41, 5.74) is 6.96. The molecule has 1 amide bonds. The Morgan fingerprint density at radius 3 is 2.43 bits per heavy atom. The Labute approximate surface area is 129 Å². The van der Waals surface area contributed by atoms with Gasteiger partial charge in [-0.25, -0.2) is 4.79 Å². The first-order valence-electron chi connectivity index (χ1n) is 7.11. The lowest BCUT2D eigenvalue weighted by Crippen LogP contribution is -2.33. The molecule has 0 radical (unpaired) electrons. The first-order chi connectivity index (χ1) is 9.83. The van der Waals surface area contributed by atoms with Crippen molar-refractivity contribution in [2.24, 2.45) is 17.6 Å². The highest BCUT2D eigenvalue weighted by atomic mass is 32.1. The Balaban J connectivity index is 3.06. The van der Waals surface area contributed by atoms with E-state index in [0.29, 0.717) is 17.2 Å². The number of anilines is 1. The van der Waals surface area contributed by atoms with Gasteiger partial charge in [0.1, 0.15) is 5.00 Å². The van der Waals surface area contributed by atoms with Crippen LogP contribution in [-0.4, -0.2) is 25.0 Å². The number of carbonyl (C=O) groups is 2. The van der Waals surface area contributed by atoms with E-state index in [1.807, 2.05) is 27.7 Å². The quantitative estimate of drug-likeness (QED) is 0.791. The molecule has 0 bridgehead atoms. The van der Waals surface area contributed by atoms with Gasteiger partial charge in [-0.15, -0.1) is 11.3 Å². The summed E-state index contributed by atoms with van der Waals surface area (Å²) in [6, 6.07) is 0. The van der Waals surface area contributed by atoms with E-state index in [-0.39, 0.29) is 24.3 Å². The fourth-order valence-corrected chi connectivity index (χ4v) is 3.10. The minimum atomic E-state index is -0.400. The Morgan fingerprint density at radius 2 is 1.95 bits per heavy atom. The summed E-state index contributed by atoms with van der Waals surface area (Å²) in [7, 11) is 0. The zero-order valence-corrected chi connectivity index (χ0v) is 14.1. The molecule has 21 heavy (non-hydrogen) atoms. The maximum atomic E-state index is 12.3. The summed E-state index contributed by atoms with van der Waals surface area (Å²) in [5, 5.41) is 3.39. The summed E-state index contributed by atoms with van der Waals surface area (Å²) in [6.07, 6.45) is 0. The number of thiophene rings is 1. The molecule has 0 fully saturated rings. The van der Waals surface area contributed by atoms with Crippen molar-refractivity contribution in [1.82, 2.24) is 0 Å². The Bertz CT molecular complexity index is 523. The van der Waals surface area contributed by atoms with E-state index >= 15 is 0 Å². The van der Waals surface area contributed by atoms with Gasteiger partial charge in [-0.3, -0.25) is 4.79 Å². The third-order valence-corrected chi connectivity index (χ3v) is 4.62. The van der Waals surface area contributed by atoms with Crippen LogP contribution in [0.1, 0.15) is 41.6 Å². The topological polar surface area (TPSA) is 81.4 Å². The highest BCUT2D eigenvalue weighted by molar-refractivity contribution is 7.16. The minimum absolute atomic E-state index is 0.142. The lowest BCUT2D eigenvalue weighted by Gasteiger charge is -2.18. The predicted molar refractivity (Wildman–Crippen MR) is 85.8 cm³/mol. The van der Waals surface area contributed by atoms with Crippen molar-refractivity contribution >= 4 is 28.2 Å². The monoisotopic (exact) mass is 312 g/mol. The molecule has 0 spiro atoms. The van der Waals surface area contributed by atoms with Gasteiger partial charge in [-0.05, 0) is 32.3 Å². The van der Waals surface area contributed by atoms with Crippen molar-refractivity contribution in [2.75, 3.05) is 18.5 Å². The van der Waals surface area contributed by atoms with Gasteiger partial charge < -0.3 is 15.8 Å². The molecule has 1 aromatic heterocycles. The van der Waals surface area contributed by atoms with Crippen LogP contribution >= 0.6 is 11.3 Å². The zero-order valence-electron chi connectivity index (χ0n) is 13.3. The lowest BCUT2D eigenvalue weighted by molar-refractivity contribution is -0.120. The Hall–Kier alpha value is -1.40. The van der Waals surface area contributed by atoms with Crippen LogP contribution in [0.15, 0.2) is 0 Å². The van der Waals surface area contributed by atoms with E-state index in [4.69, 9.17) is 10.5 Å². The summed E-state index contributed by atoms with van der Waals surface area (Å²) in [5.74, 6) is -0.686. The number of hydrogen-bond donors (Lipinski definition) is 2. The number of nitrogens with two attached hydrogens (primary N) is 1. The number of nitrogens with one attached hydrogen (secondary N) is 1. The van der Waals surface area contributed by atoms with Gasteiger partial charge in [-0.1, -0.05) is 13.8 Å². The average molecular weight is 312 g/mol. The van der Waals surface area contributed by atoms with Gasteiger partial charge in [0.2, 0.25) is 5.91 Å². The Kier molecular flexibility index (Phi) is 6.36. The molecule has 0 aromatic carbocycles. The fraction of sp³-hybridized carbons (Fsp3) is 0.600. The maximum Gasteiger partial charge on any atom is 0.341 e. The molecular formula is C15H24N2O3S. The molecule has 0 aliphatic rings. The number of carbonyl (C=O) groups excluding carboxylic acids is 2.